The first-order chi connectivity index (χ1) is 12.7. The van der Waals surface area contributed by atoms with Crippen molar-refractivity contribution in [1.82, 2.24) is 20.1 Å². The molecule has 0 N–H and O–H groups in total. The van der Waals surface area contributed by atoms with Crippen LogP contribution in [0.25, 0.3) is 11.5 Å². The van der Waals surface area contributed by atoms with Crippen molar-refractivity contribution in [2.75, 3.05) is 32.1 Å². The van der Waals surface area contributed by atoms with Crippen molar-refractivity contribution in [1.29, 1.82) is 0 Å². The third kappa shape index (κ3) is 3.60. The number of likely N-dealkylation sites (tertiary alicyclic amines) is 1. The molecule has 0 amide bonds. The summed E-state index contributed by atoms with van der Waals surface area (Å²) in [5.41, 5.74) is 3.20. The van der Waals surface area contributed by atoms with Gasteiger partial charge in [-0.2, -0.15) is 0 Å². The molecule has 1 fully saturated rings. The maximum Gasteiger partial charge on any atom is 0.247 e. The van der Waals surface area contributed by atoms with E-state index < -0.39 is 0 Å². The molecule has 1 saturated heterocycles. The highest BCUT2D eigenvalue weighted by Crippen LogP contribution is 2.29. The average Bonchev–Trinajstić information content (AvgIpc) is 3.32. The predicted molar refractivity (Wildman–Crippen MR) is 101 cm³/mol. The second-order valence-electron chi connectivity index (χ2n) is 6.93. The lowest BCUT2D eigenvalue weighted by Gasteiger charge is -2.14. The molecule has 26 heavy (non-hydrogen) atoms. The highest BCUT2D eigenvalue weighted by Gasteiger charge is 2.28. The van der Waals surface area contributed by atoms with Crippen LogP contribution in [0, 0.1) is 0 Å². The van der Waals surface area contributed by atoms with Crippen LogP contribution in [0.3, 0.4) is 0 Å². The summed E-state index contributed by atoms with van der Waals surface area (Å²) in [4.78, 5) is 8.87. The topological polar surface area (TPSA) is 58.3 Å². The zero-order valence-electron chi connectivity index (χ0n) is 15.2. The standard InChI is InChI=1S/C20H23N5O/c1-24(2)18-8-6-15(7-9-18)19-22-23-20(26-19)16-10-12-25(13-16)14-17-5-3-4-11-21-17/h3-9,11,16H,10,12-14H2,1-2H3/t16-/m0/s1. The molecule has 3 heterocycles. The minimum absolute atomic E-state index is 0.293. The molecule has 0 unspecified atom stereocenters. The van der Waals surface area contributed by atoms with E-state index in [1.807, 2.05) is 44.6 Å². The van der Waals surface area contributed by atoms with Crippen LogP contribution in [0.15, 0.2) is 53.1 Å². The summed E-state index contributed by atoms with van der Waals surface area (Å²) in [6.45, 7) is 2.82. The molecule has 1 aromatic carbocycles. The van der Waals surface area contributed by atoms with Gasteiger partial charge in [0.2, 0.25) is 11.8 Å². The zero-order valence-corrected chi connectivity index (χ0v) is 15.2. The molecule has 3 aromatic rings. The number of nitrogens with zero attached hydrogens (tertiary/aromatic N) is 5. The molecule has 0 saturated carbocycles. The Morgan fingerprint density at radius 3 is 2.69 bits per heavy atom. The van der Waals surface area contributed by atoms with Gasteiger partial charge in [0.05, 0.1) is 11.6 Å². The van der Waals surface area contributed by atoms with E-state index >= 15 is 0 Å². The Bertz CT molecular complexity index is 844. The second-order valence-corrected chi connectivity index (χ2v) is 6.93. The van der Waals surface area contributed by atoms with Gasteiger partial charge in [-0.15, -0.1) is 10.2 Å². The number of pyridine rings is 1. The minimum Gasteiger partial charge on any atom is -0.420 e. The van der Waals surface area contributed by atoms with Crippen LogP contribution in [0.2, 0.25) is 0 Å². The van der Waals surface area contributed by atoms with Gasteiger partial charge in [-0.25, -0.2) is 0 Å². The number of anilines is 1. The van der Waals surface area contributed by atoms with E-state index in [2.05, 4.69) is 43.2 Å². The number of aromatic nitrogens is 3. The fraction of sp³-hybridized carbons (Fsp3) is 0.350. The monoisotopic (exact) mass is 349 g/mol. The van der Waals surface area contributed by atoms with Crippen molar-refractivity contribution in [3.8, 4) is 11.5 Å². The molecule has 0 spiro atoms. The van der Waals surface area contributed by atoms with E-state index in [4.69, 9.17) is 4.42 Å². The van der Waals surface area contributed by atoms with Gasteiger partial charge in [-0.05, 0) is 49.4 Å². The van der Waals surface area contributed by atoms with E-state index in [9.17, 15) is 0 Å². The SMILES string of the molecule is CN(C)c1ccc(-c2nnc([C@H]3CCN(Cc4ccccn4)C3)o2)cc1. The molecular formula is C20H23N5O. The summed E-state index contributed by atoms with van der Waals surface area (Å²) in [5.74, 6) is 1.62. The second kappa shape index (κ2) is 7.25. The molecule has 4 rings (SSSR count). The van der Waals surface area contributed by atoms with Gasteiger partial charge in [0.25, 0.3) is 0 Å². The Hall–Kier alpha value is -2.73. The van der Waals surface area contributed by atoms with Crippen LogP contribution >= 0.6 is 0 Å². The molecule has 1 aliphatic heterocycles. The maximum absolute atomic E-state index is 5.97. The third-order valence-electron chi connectivity index (χ3n) is 4.80. The lowest BCUT2D eigenvalue weighted by atomic mass is 10.1. The summed E-state index contributed by atoms with van der Waals surface area (Å²) < 4.78 is 5.97. The molecule has 134 valence electrons. The fourth-order valence-corrected chi connectivity index (χ4v) is 3.32. The van der Waals surface area contributed by atoms with Gasteiger partial charge in [0.15, 0.2) is 0 Å². The number of hydrogen-bond acceptors (Lipinski definition) is 6. The smallest absolute Gasteiger partial charge is 0.247 e. The summed E-state index contributed by atoms with van der Waals surface area (Å²) in [5, 5.41) is 8.56. The van der Waals surface area contributed by atoms with Gasteiger partial charge in [-0.1, -0.05) is 6.07 Å². The molecule has 6 heteroatoms. The number of hydrogen-bond donors (Lipinski definition) is 0. The van der Waals surface area contributed by atoms with Crippen LogP contribution in [-0.4, -0.2) is 47.3 Å². The molecule has 6 nitrogen and oxygen atoms in total. The lowest BCUT2D eigenvalue weighted by molar-refractivity contribution is 0.316. The molecule has 1 atom stereocenters. The molecule has 0 aliphatic carbocycles. The lowest BCUT2D eigenvalue weighted by Crippen LogP contribution is -2.20. The summed E-state index contributed by atoms with van der Waals surface area (Å²) >= 11 is 0. The van der Waals surface area contributed by atoms with Crippen molar-refractivity contribution in [3.05, 3.63) is 60.2 Å². The number of benzene rings is 1. The molecule has 0 bridgehead atoms. The molecule has 2 aromatic heterocycles. The van der Waals surface area contributed by atoms with E-state index in [0.717, 1.165) is 48.9 Å². The van der Waals surface area contributed by atoms with E-state index in [1.165, 1.54) is 0 Å². The molecular weight excluding hydrogens is 326 g/mol. The first-order valence-electron chi connectivity index (χ1n) is 8.92. The van der Waals surface area contributed by atoms with Crippen molar-refractivity contribution >= 4 is 5.69 Å². The van der Waals surface area contributed by atoms with Gasteiger partial charge in [0.1, 0.15) is 0 Å². The van der Waals surface area contributed by atoms with Crippen molar-refractivity contribution in [3.63, 3.8) is 0 Å². The van der Waals surface area contributed by atoms with Crippen LogP contribution in [-0.2, 0) is 6.54 Å². The largest absolute Gasteiger partial charge is 0.420 e. The average molecular weight is 349 g/mol. The summed E-state index contributed by atoms with van der Waals surface area (Å²) in [7, 11) is 4.05. The Labute approximate surface area is 153 Å². The van der Waals surface area contributed by atoms with Crippen LogP contribution < -0.4 is 4.90 Å². The highest BCUT2D eigenvalue weighted by atomic mass is 16.4. The third-order valence-corrected chi connectivity index (χ3v) is 4.80. The van der Waals surface area contributed by atoms with E-state index in [1.54, 1.807) is 0 Å². The normalized spacial score (nSPS) is 17.5. The van der Waals surface area contributed by atoms with Crippen LogP contribution in [0.1, 0.15) is 23.9 Å². The van der Waals surface area contributed by atoms with Gasteiger partial charge >= 0.3 is 0 Å². The summed E-state index contributed by atoms with van der Waals surface area (Å²) in [6.07, 6.45) is 2.88. The minimum atomic E-state index is 0.293. The Morgan fingerprint density at radius 2 is 1.96 bits per heavy atom. The quantitative estimate of drug-likeness (QED) is 0.705. The predicted octanol–water partition coefficient (Wildman–Crippen LogP) is 3.19. The molecule has 0 radical (unpaired) electrons. The van der Waals surface area contributed by atoms with E-state index in [-0.39, 0.29) is 0 Å². The number of rotatable bonds is 5. The van der Waals surface area contributed by atoms with Crippen LogP contribution in [0.4, 0.5) is 5.69 Å². The Morgan fingerprint density at radius 1 is 1.12 bits per heavy atom. The fourth-order valence-electron chi connectivity index (χ4n) is 3.32. The zero-order chi connectivity index (χ0) is 17.9. The van der Waals surface area contributed by atoms with Crippen molar-refractivity contribution < 1.29 is 4.42 Å². The first-order valence-corrected chi connectivity index (χ1v) is 8.92. The molecule has 1 aliphatic rings. The Kier molecular flexibility index (Phi) is 4.67. The van der Waals surface area contributed by atoms with E-state index in [0.29, 0.717) is 11.8 Å². The van der Waals surface area contributed by atoms with Crippen molar-refractivity contribution in [2.45, 2.75) is 18.9 Å². The van der Waals surface area contributed by atoms with Crippen LogP contribution in [0.5, 0.6) is 0 Å². The van der Waals surface area contributed by atoms with Gasteiger partial charge < -0.3 is 9.32 Å². The maximum atomic E-state index is 5.97. The van der Waals surface area contributed by atoms with Crippen molar-refractivity contribution in [2.24, 2.45) is 0 Å². The highest BCUT2D eigenvalue weighted by molar-refractivity contribution is 5.58. The first kappa shape index (κ1) is 16.7. The van der Waals surface area contributed by atoms with Gasteiger partial charge in [-0.3, -0.25) is 9.88 Å². The van der Waals surface area contributed by atoms with Gasteiger partial charge in [0, 0.05) is 44.6 Å². The summed E-state index contributed by atoms with van der Waals surface area (Å²) in [6, 6.07) is 14.2. The Balaban J connectivity index is 1.42.